The van der Waals surface area contributed by atoms with E-state index in [0.29, 0.717) is 19.7 Å². The highest BCUT2D eigenvalue weighted by atomic mass is 16.5. The van der Waals surface area contributed by atoms with E-state index in [9.17, 15) is 9.59 Å². The number of amides is 3. The number of morpholine rings is 1. The second kappa shape index (κ2) is 4.51. The van der Waals surface area contributed by atoms with Crippen LogP contribution in [0, 0.1) is 0 Å². The molecule has 1 aliphatic carbocycles. The number of rotatable bonds is 2. The molecule has 0 aromatic rings. The Morgan fingerprint density at radius 1 is 1.33 bits per heavy atom. The molecule has 3 amide bonds. The molecule has 1 atom stereocenters. The molecule has 0 radical (unpaired) electrons. The second-order valence-electron chi connectivity index (χ2n) is 5.33. The Hall–Kier alpha value is -1.14. The van der Waals surface area contributed by atoms with E-state index >= 15 is 0 Å². The first-order valence-corrected chi connectivity index (χ1v) is 6.68. The van der Waals surface area contributed by atoms with Crippen molar-refractivity contribution in [2.24, 2.45) is 0 Å². The average molecular weight is 253 g/mol. The summed E-state index contributed by atoms with van der Waals surface area (Å²) in [4.78, 5) is 25.7. The first-order chi connectivity index (χ1) is 8.71. The smallest absolute Gasteiger partial charge is 0.325 e. The van der Waals surface area contributed by atoms with Crippen LogP contribution in [-0.4, -0.2) is 54.7 Å². The number of hydrogen-bond donors (Lipinski definition) is 2. The lowest BCUT2D eigenvalue weighted by Crippen LogP contribution is -2.48. The number of ether oxygens (including phenoxy) is 1. The highest BCUT2D eigenvalue weighted by Gasteiger charge is 2.52. The Bertz CT molecular complexity index is 360. The van der Waals surface area contributed by atoms with Crippen LogP contribution in [0.4, 0.5) is 4.79 Å². The molecule has 1 saturated carbocycles. The SMILES string of the molecule is O=C1NC2(CCCC2)C(=O)N1CC1CNCCO1. The van der Waals surface area contributed by atoms with E-state index in [4.69, 9.17) is 4.74 Å². The van der Waals surface area contributed by atoms with Crippen LogP contribution in [0.2, 0.25) is 0 Å². The summed E-state index contributed by atoms with van der Waals surface area (Å²) in [5.41, 5.74) is -0.598. The molecule has 3 fully saturated rings. The van der Waals surface area contributed by atoms with Crippen LogP contribution in [0.5, 0.6) is 0 Å². The number of nitrogens with zero attached hydrogens (tertiary/aromatic N) is 1. The maximum atomic E-state index is 12.4. The van der Waals surface area contributed by atoms with E-state index in [0.717, 1.165) is 32.2 Å². The molecule has 0 bridgehead atoms. The summed E-state index contributed by atoms with van der Waals surface area (Å²) in [6.07, 6.45) is 3.50. The number of imide groups is 1. The van der Waals surface area contributed by atoms with Crippen molar-refractivity contribution >= 4 is 11.9 Å². The molecule has 1 spiro atoms. The van der Waals surface area contributed by atoms with E-state index in [2.05, 4.69) is 10.6 Å². The van der Waals surface area contributed by atoms with E-state index < -0.39 is 5.54 Å². The molecule has 0 aromatic carbocycles. The molecule has 6 nitrogen and oxygen atoms in total. The normalized spacial score (nSPS) is 31.1. The molecule has 2 saturated heterocycles. The van der Waals surface area contributed by atoms with Crippen LogP contribution < -0.4 is 10.6 Å². The number of carbonyl (C=O) groups is 2. The fraction of sp³-hybridized carbons (Fsp3) is 0.833. The third-order valence-corrected chi connectivity index (χ3v) is 4.09. The van der Waals surface area contributed by atoms with Crippen molar-refractivity contribution in [2.75, 3.05) is 26.2 Å². The van der Waals surface area contributed by atoms with Gasteiger partial charge in [0.25, 0.3) is 5.91 Å². The van der Waals surface area contributed by atoms with Gasteiger partial charge in [-0.1, -0.05) is 12.8 Å². The lowest BCUT2D eigenvalue weighted by molar-refractivity contribution is -0.132. The Labute approximate surface area is 106 Å². The van der Waals surface area contributed by atoms with Gasteiger partial charge >= 0.3 is 6.03 Å². The quantitative estimate of drug-likeness (QED) is 0.671. The lowest BCUT2D eigenvalue weighted by Gasteiger charge is -2.27. The van der Waals surface area contributed by atoms with Crippen molar-refractivity contribution in [1.29, 1.82) is 0 Å². The Morgan fingerprint density at radius 3 is 2.78 bits per heavy atom. The zero-order chi connectivity index (χ0) is 12.6. The summed E-state index contributed by atoms with van der Waals surface area (Å²) in [6.45, 7) is 2.53. The molecule has 2 aliphatic heterocycles. The summed E-state index contributed by atoms with van der Waals surface area (Å²) in [7, 11) is 0. The lowest BCUT2D eigenvalue weighted by atomic mass is 9.98. The summed E-state index contributed by atoms with van der Waals surface area (Å²) >= 11 is 0. The molecular weight excluding hydrogens is 234 g/mol. The predicted octanol–water partition coefficient (Wildman–Crippen LogP) is -0.161. The summed E-state index contributed by atoms with van der Waals surface area (Å²) in [5.74, 6) is -0.0563. The molecular formula is C12H19N3O3. The maximum absolute atomic E-state index is 12.4. The van der Waals surface area contributed by atoms with E-state index in [1.54, 1.807) is 0 Å². The summed E-state index contributed by atoms with van der Waals surface area (Å²) in [6, 6.07) is -0.254. The van der Waals surface area contributed by atoms with Gasteiger partial charge in [0.2, 0.25) is 0 Å². The molecule has 3 aliphatic rings. The Kier molecular flexibility index (Phi) is 2.99. The number of carbonyl (C=O) groups excluding carboxylic acids is 2. The minimum Gasteiger partial charge on any atom is -0.374 e. The molecule has 2 N–H and O–H groups in total. The molecule has 0 aromatic heterocycles. The van der Waals surface area contributed by atoms with Gasteiger partial charge in [0.15, 0.2) is 0 Å². The molecule has 6 heteroatoms. The number of urea groups is 1. The van der Waals surface area contributed by atoms with Crippen molar-refractivity contribution in [2.45, 2.75) is 37.3 Å². The fourth-order valence-corrected chi connectivity index (χ4v) is 3.10. The van der Waals surface area contributed by atoms with Gasteiger partial charge in [-0.3, -0.25) is 9.69 Å². The summed E-state index contributed by atoms with van der Waals surface area (Å²) < 4.78 is 5.55. The highest BCUT2D eigenvalue weighted by molar-refractivity contribution is 6.07. The van der Waals surface area contributed by atoms with Crippen molar-refractivity contribution in [3.63, 3.8) is 0 Å². The van der Waals surface area contributed by atoms with Crippen molar-refractivity contribution in [3.05, 3.63) is 0 Å². The Morgan fingerprint density at radius 2 is 2.11 bits per heavy atom. The topological polar surface area (TPSA) is 70.7 Å². The third-order valence-electron chi connectivity index (χ3n) is 4.09. The van der Waals surface area contributed by atoms with Gasteiger partial charge < -0.3 is 15.4 Å². The maximum Gasteiger partial charge on any atom is 0.325 e. The van der Waals surface area contributed by atoms with Gasteiger partial charge in [-0.2, -0.15) is 0 Å². The zero-order valence-electron chi connectivity index (χ0n) is 10.4. The van der Waals surface area contributed by atoms with E-state index in [1.165, 1.54) is 4.90 Å². The van der Waals surface area contributed by atoms with Gasteiger partial charge in [0, 0.05) is 13.1 Å². The molecule has 18 heavy (non-hydrogen) atoms. The van der Waals surface area contributed by atoms with Crippen LogP contribution in [0.3, 0.4) is 0 Å². The van der Waals surface area contributed by atoms with Crippen molar-refractivity contribution in [1.82, 2.24) is 15.5 Å². The molecule has 3 rings (SSSR count). The van der Waals surface area contributed by atoms with Crippen LogP contribution in [0.1, 0.15) is 25.7 Å². The predicted molar refractivity (Wildman–Crippen MR) is 64.1 cm³/mol. The van der Waals surface area contributed by atoms with Gasteiger partial charge in [-0.25, -0.2) is 4.79 Å². The zero-order valence-corrected chi connectivity index (χ0v) is 10.4. The van der Waals surface area contributed by atoms with Gasteiger partial charge in [0.1, 0.15) is 5.54 Å². The monoisotopic (exact) mass is 253 g/mol. The highest BCUT2D eigenvalue weighted by Crippen LogP contribution is 2.35. The molecule has 100 valence electrons. The number of nitrogens with one attached hydrogen (secondary N) is 2. The minimum absolute atomic E-state index is 0.0563. The first kappa shape index (κ1) is 11.9. The van der Waals surface area contributed by atoms with Crippen LogP contribution in [0.15, 0.2) is 0 Å². The second-order valence-corrected chi connectivity index (χ2v) is 5.33. The van der Waals surface area contributed by atoms with Crippen molar-refractivity contribution in [3.8, 4) is 0 Å². The Balaban J connectivity index is 1.68. The van der Waals surface area contributed by atoms with Crippen LogP contribution in [-0.2, 0) is 9.53 Å². The molecule has 2 heterocycles. The minimum atomic E-state index is -0.598. The van der Waals surface area contributed by atoms with Gasteiger partial charge in [-0.05, 0) is 12.8 Å². The standard InChI is InChI=1S/C12H19N3O3/c16-10-12(3-1-2-4-12)14-11(17)15(10)8-9-7-13-5-6-18-9/h9,13H,1-8H2,(H,14,17). The summed E-state index contributed by atoms with van der Waals surface area (Å²) in [5, 5.41) is 6.08. The van der Waals surface area contributed by atoms with Crippen LogP contribution >= 0.6 is 0 Å². The van der Waals surface area contributed by atoms with Gasteiger partial charge in [-0.15, -0.1) is 0 Å². The first-order valence-electron chi connectivity index (χ1n) is 6.68. The third kappa shape index (κ3) is 1.89. The van der Waals surface area contributed by atoms with E-state index in [1.807, 2.05) is 0 Å². The van der Waals surface area contributed by atoms with Crippen molar-refractivity contribution < 1.29 is 14.3 Å². The fourth-order valence-electron chi connectivity index (χ4n) is 3.10. The van der Waals surface area contributed by atoms with Gasteiger partial charge in [0.05, 0.1) is 19.3 Å². The van der Waals surface area contributed by atoms with E-state index in [-0.39, 0.29) is 18.0 Å². The average Bonchev–Trinajstić information content (AvgIpc) is 2.93. The number of hydrogen-bond acceptors (Lipinski definition) is 4. The van der Waals surface area contributed by atoms with Crippen LogP contribution in [0.25, 0.3) is 0 Å². The molecule has 1 unspecified atom stereocenters. The largest absolute Gasteiger partial charge is 0.374 e.